The van der Waals surface area contributed by atoms with Gasteiger partial charge in [-0.15, -0.1) is 0 Å². The molecule has 0 fully saturated rings. The van der Waals surface area contributed by atoms with Crippen LogP contribution in [-0.2, 0) is 16.1 Å². The van der Waals surface area contributed by atoms with Gasteiger partial charge in [0.25, 0.3) is 5.56 Å². The Hall–Kier alpha value is -4.34. The Bertz CT molecular complexity index is 1910. The third-order valence-corrected chi connectivity index (χ3v) is 8.37. The first-order valence-electron chi connectivity index (χ1n) is 14.2. The molecule has 0 N–H and O–H groups in total. The van der Waals surface area contributed by atoms with Gasteiger partial charge in [0.05, 0.1) is 42.2 Å². The maximum atomic E-state index is 14.0. The number of rotatable bonds is 10. The molecule has 8 nitrogen and oxygen atoms in total. The van der Waals surface area contributed by atoms with E-state index in [2.05, 4.69) is 4.99 Å². The SMILES string of the molecule is CCOC(=O)C1=C(C)N=c2sc(=Cc3ccc(OCc4ccc(Cl)cc4)c(OCC)c3)c(=O)n2C1c1ccc(C)c(OC)c1. The predicted octanol–water partition coefficient (Wildman–Crippen LogP) is 5.75. The van der Waals surface area contributed by atoms with Gasteiger partial charge >= 0.3 is 5.97 Å². The summed E-state index contributed by atoms with van der Waals surface area (Å²) in [5.41, 5.74) is 3.94. The van der Waals surface area contributed by atoms with Gasteiger partial charge in [0.2, 0.25) is 0 Å². The summed E-state index contributed by atoms with van der Waals surface area (Å²) in [5.74, 6) is 1.30. The highest BCUT2D eigenvalue weighted by atomic mass is 35.5. The molecule has 1 atom stereocenters. The molecule has 0 aliphatic carbocycles. The summed E-state index contributed by atoms with van der Waals surface area (Å²) in [4.78, 5) is 32.4. The number of aromatic nitrogens is 1. The molecule has 10 heteroatoms. The lowest BCUT2D eigenvalue weighted by atomic mass is 9.95. The summed E-state index contributed by atoms with van der Waals surface area (Å²) in [6.07, 6.45) is 1.80. The predicted molar refractivity (Wildman–Crippen MR) is 172 cm³/mol. The number of hydrogen-bond donors (Lipinski definition) is 0. The van der Waals surface area contributed by atoms with E-state index in [1.807, 2.05) is 74.5 Å². The van der Waals surface area contributed by atoms with Gasteiger partial charge in [-0.25, -0.2) is 9.79 Å². The van der Waals surface area contributed by atoms with Gasteiger partial charge in [0.1, 0.15) is 12.4 Å². The fourth-order valence-electron chi connectivity index (χ4n) is 5.01. The highest BCUT2D eigenvalue weighted by Crippen LogP contribution is 2.34. The van der Waals surface area contributed by atoms with Gasteiger partial charge in [-0.2, -0.15) is 0 Å². The average Bonchev–Trinajstić information content (AvgIpc) is 3.31. The third kappa shape index (κ3) is 6.44. The van der Waals surface area contributed by atoms with Crippen molar-refractivity contribution in [2.75, 3.05) is 20.3 Å². The zero-order valence-electron chi connectivity index (χ0n) is 25.2. The molecular formula is C34H33ClN2O6S. The van der Waals surface area contributed by atoms with E-state index in [0.717, 1.165) is 22.3 Å². The van der Waals surface area contributed by atoms with Crippen molar-refractivity contribution in [1.82, 2.24) is 4.57 Å². The molecule has 5 rings (SSSR count). The van der Waals surface area contributed by atoms with Gasteiger partial charge < -0.3 is 18.9 Å². The molecule has 0 saturated heterocycles. The van der Waals surface area contributed by atoms with Crippen LogP contribution in [0.25, 0.3) is 6.08 Å². The first-order chi connectivity index (χ1) is 21.2. The Balaban J connectivity index is 1.57. The Morgan fingerprint density at radius 1 is 0.977 bits per heavy atom. The molecule has 0 amide bonds. The summed E-state index contributed by atoms with van der Waals surface area (Å²) in [6, 6.07) is 17.9. The standard InChI is InChI=1S/C34H33ClN2O6S/c1-6-41-28-16-23(11-15-26(28)43-19-22-9-13-25(35)14-10-22)17-29-32(38)37-31(24-12-8-20(3)27(18-24)40-5)30(33(39)42-7-2)21(4)36-34(37)44-29/h8-18,31H,6-7,19H2,1-5H3. The molecule has 1 aliphatic heterocycles. The van der Waals surface area contributed by atoms with E-state index in [9.17, 15) is 9.59 Å². The second-order valence-corrected chi connectivity index (χ2v) is 11.5. The van der Waals surface area contributed by atoms with Crippen molar-refractivity contribution in [2.24, 2.45) is 4.99 Å². The van der Waals surface area contributed by atoms with Crippen molar-refractivity contribution in [1.29, 1.82) is 0 Å². The van der Waals surface area contributed by atoms with Gasteiger partial charge in [-0.05, 0) is 86.4 Å². The largest absolute Gasteiger partial charge is 0.496 e. The Kier molecular flexibility index (Phi) is 9.56. The lowest BCUT2D eigenvalue weighted by Gasteiger charge is -2.25. The summed E-state index contributed by atoms with van der Waals surface area (Å²) in [5, 5.41) is 0.663. The number of ether oxygens (including phenoxy) is 4. The van der Waals surface area contributed by atoms with Crippen molar-refractivity contribution in [3.63, 3.8) is 0 Å². The van der Waals surface area contributed by atoms with E-state index in [0.29, 0.717) is 56.1 Å². The fraction of sp³-hybridized carbons (Fsp3) is 0.265. The average molecular weight is 633 g/mol. The van der Waals surface area contributed by atoms with Gasteiger partial charge in [-0.3, -0.25) is 9.36 Å². The molecule has 0 spiro atoms. The number of esters is 1. The number of benzene rings is 3. The number of methoxy groups -OCH3 is 1. The third-order valence-electron chi connectivity index (χ3n) is 7.14. The van der Waals surface area contributed by atoms with Crippen LogP contribution in [0.2, 0.25) is 5.02 Å². The summed E-state index contributed by atoms with van der Waals surface area (Å²) in [7, 11) is 1.59. The maximum absolute atomic E-state index is 14.0. The molecule has 1 aromatic heterocycles. The number of halogens is 1. The van der Waals surface area contributed by atoms with Crippen molar-refractivity contribution in [2.45, 2.75) is 40.3 Å². The van der Waals surface area contributed by atoms with Crippen LogP contribution >= 0.6 is 22.9 Å². The van der Waals surface area contributed by atoms with Gasteiger partial charge in [0, 0.05) is 5.02 Å². The zero-order chi connectivity index (χ0) is 31.4. The molecule has 2 heterocycles. The van der Waals surface area contributed by atoms with E-state index in [4.69, 9.17) is 30.5 Å². The molecule has 4 aromatic rings. The van der Waals surface area contributed by atoms with Crippen LogP contribution in [0.1, 0.15) is 49.1 Å². The molecule has 1 aliphatic rings. The first-order valence-corrected chi connectivity index (χ1v) is 15.4. The van der Waals surface area contributed by atoms with Crippen LogP contribution in [0.15, 0.2) is 81.7 Å². The van der Waals surface area contributed by atoms with E-state index in [1.165, 1.54) is 11.3 Å². The lowest BCUT2D eigenvalue weighted by Crippen LogP contribution is -2.40. The number of nitrogens with zero attached hydrogens (tertiary/aromatic N) is 2. The van der Waals surface area contributed by atoms with Crippen LogP contribution < -0.4 is 29.1 Å². The van der Waals surface area contributed by atoms with Gasteiger partial charge in [0.15, 0.2) is 16.3 Å². The minimum absolute atomic E-state index is 0.200. The van der Waals surface area contributed by atoms with E-state index in [1.54, 1.807) is 31.6 Å². The summed E-state index contributed by atoms with van der Waals surface area (Å²) < 4.78 is 24.9. The number of hydrogen-bond acceptors (Lipinski definition) is 8. The number of thiazole rings is 1. The second-order valence-electron chi connectivity index (χ2n) is 10.1. The molecule has 228 valence electrons. The quantitative estimate of drug-likeness (QED) is 0.207. The lowest BCUT2D eigenvalue weighted by molar-refractivity contribution is -0.139. The smallest absolute Gasteiger partial charge is 0.338 e. The van der Waals surface area contributed by atoms with Crippen molar-refractivity contribution < 1.29 is 23.7 Å². The van der Waals surface area contributed by atoms with Crippen LogP contribution in [0, 0.1) is 6.92 Å². The summed E-state index contributed by atoms with van der Waals surface area (Å²) >= 11 is 7.26. The second kappa shape index (κ2) is 13.5. The number of allylic oxidation sites excluding steroid dienone is 1. The van der Waals surface area contributed by atoms with Crippen LogP contribution in [0.4, 0.5) is 0 Å². The fourth-order valence-corrected chi connectivity index (χ4v) is 6.18. The minimum Gasteiger partial charge on any atom is -0.496 e. The van der Waals surface area contributed by atoms with Crippen molar-refractivity contribution in [3.8, 4) is 17.2 Å². The zero-order valence-corrected chi connectivity index (χ0v) is 26.8. The number of carbonyl (C=O) groups is 1. The topological polar surface area (TPSA) is 88.4 Å². The summed E-state index contributed by atoms with van der Waals surface area (Å²) in [6.45, 7) is 8.34. The van der Waals surface area contributed by atoms with Crippen molar-refractivity contribution >= 4 is 35.0 Å². The number of carbonyl (C=O) groups excluding carboxylic acids is 1. The number of aryl methyl sites for hydroxylation is 1. The van der Waals surface area contributed by atoms with E-state index >= 15 is 0 Å². The molecule has 0 radical (unpaired) electrons. The normalized spacial score (nSPS) is 14.6. The minimum atomic E-state index is -0.732. The van der Waals surface area contributed by atoms with Crippen LogP contribution in [-0.4, -0.2) is 30.9 Å². The molecule has 0 bridgehead atoms. The van der Waals surface area contributed by atoms with Crippen LogP contribution in [0.3, 0.4) is 0 Å². The van der Waals surface area contributed by atoms with Crippen molar-refractivity contribution in [3.05, 3.63) is 119 Å². The Morgan fingerprint density at radius 2 is 1.75 bits per heavy atom. The number of fused-ring (bicyclic) bond motifs is 1. The van der Waals surface area contributed by atoms with E-state index < -0.39 is 12.0 Å². The molecular weight excluding hydrogens is 600 g/mol. The van der Waals surface area contributed by atoms with Gasteiger partial charge in [-0.1, -0.05) is 53.3 Å². The Morgan fingerprint density at radius 3 is 2.45 bits per heavy atom. The maximum Gasteiger partial charge on any atom is 0.338 e. The monoisotopic (exact) mass is 632 g/mol. The highest BCUT2D eigenvalue weighted by Gasteiger charge is 2.33. The molecule has 0 saturated carbocycles. The first kappa shape index (κ1) is 31.1. The van der Waals surface area contributed by atoms with Crippen LogP contribution in [0.5, 0.6) is 17.2 Å². The van der Waals surface area contributed by atoms with E-state index in [-0.39, 0.29) is 12.2 Å². The Labute approximate surface area is 264 Å². The highest BCUT2D eigenvalue weighted by molar-refractivity contribution is 7.07. The molecule has 3 aromatic carbocycles. The molecule has 44 heavy (non-hydrogen) atoms. The molecule has 1 unspecified atom stereocenters.